The van der Waals surface area contributed by atoms with Gasteiger partial charge in [0.1, 0.15) is 6.04 Å². The number of rotatable bonds is 6. The monoisotopic (exact) mass is 382 g/mol. The molecule has 26 heavy (non-hydrogen) atoms. The lowest BCUT2D eigenvalue weighted by molar-refractivity contribution is -0.158. The maximum absolute atomic E-state index is 12.6. The molecule has 7 heteroatoms. The number of carbonyl (C=O) groups excluding carboxylic acids is 2. The number of hydroxylamine groups is 2. The van der Waals surface area contributed by atoms with Gasteiger partial charge in [-0.2, -0.15) is 5.06 Å². The lowest BCUT2D eigenvalue weighted by Gasteiger charge is -2.33. The molecule has 144 valence electrons. The Morgan fingerprint density at radius 1 is 1.23 bits per heavy atom. The predicted octanol–water partition coefficient (Wildman–Crippen LogP) is 2.43. The van der Waals surface area contributed by atoms with Crippen LogP contribution in [0, 0.1) is 19.8 Å². The molecule has 0 aliphatic carbocycles. The predicted molar refractivity (Wildman–Crippen MR) is 99.9 cm³/mol. The Hall–Kier alpha value is -1.63. The number of aryl methyl sites for hydroxylation is 2. The smallest absolute Gasteiger partial charge is 0.328 e. The summed E-state index contributed by atoms with van der Waals surface area (Å²) in [6.45, 7) is 5.30. The van der Waals surface area contributed by atoms with Crippen molar-refractivity contribution in [3.63, 3.8) is 0 Å². The number of benzene rings is 1. The molecular weight excluding hydrogens is 356 g/mol. The molecule has 1 N–H and O–H groups in total. The first-order chi connectivity index (χ1) is 12.3. The standard InChI is InChI=1S/C19H27ClN2O4/c1-12-9-15(20)10-13(2)16(12)11-17(23)21-18(19(24)25-3)14-5-7-22(26-4)8-6-14/h9-10,14,18H,5-8,11H2,1-4H3,(H,21,23). The molecule has 0 saturated carbocycles. The third kappa shape index (κ3) is 5.19. The summed E-state index contributed by atoms with van der Waals surface area (Å²) in [6, 6.07) is 3.05. The molecule has 1 unspecified atom stereocenters. The first-order valence-corrected chi connectivity index (χ1v) is 9.15. The van der Waals surface area contributed by atoms with E-state index in [1.165, 1.54) is 7.11 Å². The molecule has 0 spiro atoms. The van der Waals surface area contributed by atoms with Crippen molar-refractivity contribution in [2.75, 3.05) is 27.3 Å². The van der Waals surface area contributed by atoms with Crippen LogP contribution < -0.4 is 5.32 Å². The third-order valence-corrected chi connectivity index (χ3v) is 5.22. The zero-order chi connectivity index (χ0) is 19.3. The lowest BCUT2D eigenvalue weighted by Crippen LogP contribution is -2.50. The molecule has 1 aliphatic heterocycles. The van der Waals surface area contributed by atoms with E-state index in [0.717, 1.165) is 42.6 Å². The van der Waals surface area contributed by atoms with E-state index >= 15 is 0 Å². The number of methoxy groups -OCH3 is 1. The third-order valence-electron chi connectivity index (χ3n) is 5.00. The van der Waals surface area contributed by atoms with E-state index in [1.54, 1.807) is 7.11 Å². The summed E-state index contributed by atoms with van der Waals surface area (Å²) < 4.78 is 4.92. The van der Waals surface area contributed by atoms with Crippen LogP contribution in [0.3, 0.4) is 0 Å². The number of halogens is 1. The van der Waals surface area contributed by atoms with E-state index in [1.807, 2.05) is 31.0 Å². The van der Waals surface area contributed by atoms with Crippen molar-refractivity contribution in [2.45, 2.75) is 39.2 Å². The average molecular weight is 383 g/mol. The number of ether oxygens (including phenoxy) is 1. The highest BCUT2D eigenvalue weighted by Gasteiger charge is 2.33. The lowest BCUT2D eigenvalue weighted by atomic mass is 9.89. The molecule has 0 radical (unpaired) electrons. The van der Waals surface area contributed by atoms with Crippen molar-refractivity contribution in [3.05, 3.63) is 33.8 Å². The summed E-state index contributed by atoms with van der Waals surface area (Å²) in [5.41, 5.74) is 2.87. The largest absolute Gasteiger partial charge is 0.467 e. The molecule has 1 atom stereocenters. The Morgan fingerprint density at radius 3 is 2.31 bits per heavy atom. The first-order valence-electron chi connectivity index (χ1n) is 8.77. The Labute approximate surface area is 159 Å². The fourth-order valence-corrected chi connectivity index (χ4v) is 3.82. The number of esters is 1. The number of carbonyl (C=O) groups is 2. The second-order valence-electron chi connectivity index (χ2n) is 6.71. The molecule has 1 fully saturated rings. The molecule has 1 amide bonds. The summed E-state index contributed by atoms with van der Waals surface area (Å²) in [6.07, 6.45) is 1.72. The van der Waals surface area contributed by atoms with Gasteiger partial charge in [-0.25, -0.2) is 4.79 Å². The van der Waals surface area contributed by atoms with Crippen molar-refractivity contribution in [1.82, 2.24) is 10.4 Å². The van der Waals surface area contributed by atoms with Crippen molar-refractivity contribution in [2.24, 2.45) is 5.92 Å². The first kappa shape index (κ1) is 20.7. The summed E-state index contributed by atoms with van der Waals surface area (Å²) in [5, 5.41) is 5.39. The normalized spacial score (nSPS) is 17.0. The van der Waals surface area contributed by atoms with Gasteiger partial charge < -0.3 is 14.9 Å². The SMILES string of the molecule is COC(=O)C(NC(=O)Cc1c(C)cc(Cl)cc1C)C1CCN(OC)CC1. The molecule has 1 heterocycles. The van der Waals surface area contributed by atoms with E-state index in [9.17, 15) is 9.59 Å². The van der Waals surface area contributed by atoms with E-state index in [4.69, 9.17) is 21.2 Å². The van der Waals surface area contributed by atoms with Crippen LogP contribution >= 0.6 is 11.6 Å². The number of hydrogen-bond acceptors (Lipinski definition) is 5. The highest BCUT2D eigenvalue weighted by Crippen LogP contribution is 2.23. The molecule has 0 aromatic heterocycles. The Morgan fingerprint density at radius 2 is 1.81 bits per heavy atom. The van der Waals surface area contributed by atoms with Crippen molar-refractivity contribution >= 4 is 23.5 Å². The fourth-order valence-electron chi connectivity index (χ4n) is 3.49. The maximum atomic E-state index is 12.6. The van der Waals surface area contributed by atoms with Crippen molar-refractivity contribution in [1.29, 1.82) is 0 Å². The second kappa shape index (κ2) is 9.35. The van der Waals surface area contributed by atoms with Crippen LogP contribution in [0.2, 0.25) is 5.02 Å². The molecular formula is C19H27ClN2O4. The second-order valence-corrected chi connectivity index (χ2v) is 7.15. The van der Waals surface area contributed by atoms with Gasteiger partial charge in [-0.3, -0.25) is 4.79 Å². The van der Waals surface area contributed by atoms with Crippen LogP contribution in [0.15, 0.2) is 12.1 Å². The number of hydrogen-bond donors (Lipinski definition) is 1. The fraction of sp³-hybridized carbons (Fsp3) is 0.579. The molecule has 1 aliphatic rings. The van der Waals surface area contributed by atoms with Crippen LogP contribution in [0.4, 0.5) is 0 Å². The summed E-state index contributed by atoms with van der Waals surface area (Å²) in [4.78, 5) is 30.1. The van der Waals surface area contributed by atoms with E-state index in [2.05, 4.69) is 5.32 Å². The highest BCUT2D eigenvalue weighted by molar-refractivity contribution is 6.30. The van der Waals surface area contributed by atoms with Crippen LogP contribution in [0.5, 0.6) is 0 Å². The number of nitrogens with zero attached hydrogens (tertiary/aromatic N) is 1. The van der Waals surface area contributed by atoms with Gasteiger partial charge in [0.15, 0.2) is 0 Å². The van der Waals surface area contributed by atoms with Crippen LogP contribution in [0.25, 0.3) is 0 Å². The summed E-state index contributed by atoms with van der Waals surface area (Å²) in [5.74, 6) is -0.563. The summed E-state index contributed by atoms with van der Waals surface area (Å²) in [7, 11) is 2.98. The van der Waals surface area contributed by atoms with Crippen LogP contribution in [0.1, 0.15) is 29.5 Å². The molecule has 0 bridgehead atoms. The zero-order valence-electron chi connectivity index (χ0n) is 15.8. The molecule has 6 nitrogen and oxygen atoms in total. The zero-order valence-corrected chi connectivity index (χ0v) is 16.6. The van der Waals surface area contributed by atoms with Gasteiger partial charge in [0.25, 0.3) is 0 Å². The van der Waals surface area contributed by atoms with Gasteiger partial charge in [0, 0.05) is 18.1 Å². The van der Waals surface area contributed by atoms with Crippen LogP contribution in [-0.4, -0.2) is 50.3 Å². The minimum Gasteiger partial charge on any atom is -0.467 e. The molecule has 1 saturated heterocycles. The van der Waals surface area contributed by atoms with Gasteiger partial charge >= 0.3 is 5.97 Å². The Bertz CT molecular complexity index is 634. The highest BCUT2D eigenvalue weighted by atomic mass is 35.5. The van der Waals surface area contributed by atoms with Gasteiger partial charge in [-0.05, 0) is 61.4 Å². The average Bonchev–Trinajstić information content (AvgIpc) is 2.62. The van der Waals surface area contributed by atoms with Crippen molar-refractivity contribution in [3.8, 4) is 0 Å². The van der Waals surface area contributed by atoms with Crippen LogP contribution in [-0.2, 0) is 25.6 Å². The number of amides is 1. The van der Waals surface area contributed by atoms with Gasteiger partial charge in [-0.15, -0.1) is 0 Å². The Kier molecular flexibility index (Phi) is 7.43. The quantitative estimate of drug-likeness (QED) is 0.765. The maximum Gasteiger partial charge on any atom is 0.328 e. The van der Waals surface area contributed by atoms with Gasteiger partial charge in [0.05, 0.1) is 20.6 Å². The van der Waals surface area contributed by atoms with E-state index in [-0.39, 0.29) is 18.2 Å². The van der Waals surface area contributed by atoms with Gasteiger partial charge in [0.2, 0.25) is 5.91 Å². The number of nitrogens with one attached hydrogen (secondary N) is 1. The Balaban J connectivity index is 2.06. The molecule has 1 aromatic carbocycles. The summed E-state index contributed by atoms with van der Waals surface area (Å²) >= 11 is 6.05. The minimum atomic E-state index is -0.639. The van der Waals surface area contributed by atoms with E-state index in [0.29, 0.717) is 5.02 Å². The molecule has 1 aromatic rings. The van der Waals surface area contributed by atoms with Crippen molar-refractivity contribution < 1.29 is 19.2 Å². The van der Waals surface area contributed by atoms with Gasteiger partial charge in [-0.1, -0.05) is 11.6 Å². The minimum absolute atomic E-state index is 0.0326. The topological polar surface area (TPSA) is 67.9 Å². The number of piperidine rings is 1. The molecule has 2 rings (SSSR count). The van der Waals surface area contributed by atoms with E-state index < -0.39 is 12.0 Å².